The van der Waals surface area contributed by atoms with E-state index in [0.717, 1.165) is 12.8 Å². The normalized spacial score (nSPS) is 18.1. The summed E-state index contributed by atoms with van der Waals surface area (Å²) in [4.78, 5) is 0. The fourth-order valence-corrected chi connectivity index (χ4v) is 2.24. The van der Waals surface area contributed by atoms with E-state index >= 15 is 0 Å². The first-order chi connectivity index (χ1) is 5.99. The zero-order chi connectivity index (χ0) is 9.90. The van der Waals surface area contributed by atoms with Crippen molar-refractivity contribution in [3.63, 3.8) is 0 Å². The molecule has 0 radical (unpaired) electrons. The average Bonchev–Trinajstić information content (AvgIpc) is 2.68. The third-order valence-electron chi connectivity index (χ3n) is 1.85. The molecule has 0 atom stereocenters. The van der Waals surface area contributed by atoms with Gasteiger partial charge >= 0.3 is 0 Å². The van der Waals surface area contributed by atoms with E-state index in [1.54, 1.807) is 0 Å². The van der Waals surface area contributed by atoms with Gasteiger partial charge in [-0.05, 0) is 12.8 Å². The number of hydrogen-bond acceptors (Lipinski definition) is 3. The van der Waals surface area contributed by atoms with Crippen molar-refractivity contribution < 1.29 is 8.42 Å². The van der Waals surface area contributed by atoms with Crippen LogP contribution >= 0.6 is 0 Å². The second-order valence-electron chi connectivity index (χ2n) is 3.82. The van der Waals surface area contributed by atoms with Crippen LogP contribution in [0.2, 0.25) is 0 Å². The van der Waals surface area contributed by atoms with Crippen molar-refractivity contribution in [3.8, 4) is 0 Å². The molecule has 0 saturated heterocycles. The van der Waals surface area contributed by atoms with Crippen LogP contribution in [0, 0.1) is 0 Å². The summed E-state index contributed by atoms with van der Waals surface area (Å²) >= 11 is 0. The van der Waals surface area contributed by atoms with Gasteiger partial charge in [0, 0.05) is 18.6 Å². The number of rotatable bonds is 6. The molecule has 1 aliphatic carbocycles. The lowest BCUT2D eigenvalue weighted by Gasteiger charge is -2.08. The van der Waals surface area contributed by atoms with Crippen LogP contribution in [-0.2, 0) is 10.0 Å². The molecule has 0 amide bonds. The summed E-state index contributed by atoms with van der Waals surface area (Å²) in [5, 5.41) is 3.08. The van der Waals surface area contributed by atoms with Gasteiger partial charge < -0.3 is 5.32 Å². The maximum Gasteiger partial charge on any atom is 0.213 e. The standard InChI is InChI=1S/C8H18N2O2S/c1-7(2)9-5-6-13(11,12)10-8-3-4-8/h7-10H,3-6H2,1-2H3. The van der Waals surface area contributed by atoms with Crippen LogP contribution in [0.5, 0.6) is 0 Å². The van der Waals surface area contributed by atoms with Crippen molar-refractivity contribution in [2.45, 2.75) is 38.8 Å². The predicted octanol–water partition coefficient (Wildman–Crippen LogP) is 0.0662. The summed E-state index contributed by atoms with van der Waals surface area (Å²) in [6.07, 6.45) is 1.99. The largest absolute Gasteiger partial charge is 0.313 e. The van der Waals surface area contributed by atoms with E-state index in [4.69, 9.17) is 0 Å². The zero-order valence-electron chi connectivity index (χ0n) is 8.21. The Morgan fingerprint density at radius 1 is 1.38 bits per heavy atom. The van der Waals surface area contributed by atoms with Crippen molar-refractivity contribution >= 4 is 10.0 Å². The average molecular weight is 206 g/mol. The molecule has 78 valence electrons. The molecule has 0 spiro atoms. The number of nitrogens with one attached hydrogen (secondary N) is 2. The summed E-state index contributed by atoms with van der Waals surface area (Å²) in [6.45, 7) is 4.53. The summed E-state index contributed by atoms with van der Waals surface area (Å²) in [7, 11) is -3.03. The molecule has 13 heavy (non-hydrogen) atoms. The van der Waals surface area contributed by atoms with E-state index in [1.165, 1.54) is 0 Å². The fraction of sp³-hybridized carbons (Fsp3) is 1.00. The summed E-state index contributed by atoms with van der Waals surface area (Å²) < 4.78 is 25.3. The number of sulfonamides is 1. The monoisotopic (exact) mass is 206 g/mol. The van der Waals surface area contributed by atoms with Crippen LogP contribution in [0.25, 0.3) is 0 Å². The third-order valence-corrected chi connectivity index (χ3v) is 3.28. The van der Waals surface area contributed by atoms with Gasteiger partial charge in [0.2, 0.25) is 10.0 Å². The Kier molecular flexibility index (Phi) is 3.70. The molecule has 4 nitrogen and oxygen atoms in total. The minimum atomic E-state index is -3.03. The predicted molar refractivity (Wildman–Crippen MR) is 53.1 cm³/mol. The van der Waals surface area contributed by atoms with Gasteiger partial charge in [-0.25, -0.2) is 13.1 Å². The summed E-state index contributed by atoms with van der Waals surface area (Å²) in [6, 6.07) is 0.570. The first kappa shape index (κ1) is 10.9. The Hall–Kier alpha value is -0.130. The minimum absolute atomic E-state index is 0.182. The van der Waals surface area contributed by atoms with Crippen LogP contribution in [0.4, 0.5) is 0 Å². The molecule has 0 aliphatic heterocycles. The lowest BCUT2D eigenvalue weighted by Crippen LogP contribution is -2.35. The van der Waals surface area contributed by atoms with Crippen molar-refractivity contribution in [3.05, 3.63) is 0 Å². The van der Waals surface area contributed by atoms with Gasteiger partial charge in [-0.2, -0.15) is 0 Å². The van der Waals surface area contributed by atoms with E-state index in [2.05, 4.69) is 10.0 Å². The van der Waals surface area contributed by atoms with E-state index in [9.17, 15) is 8.42 Å². The highest BCUT2D eigenvalue weighted by Crippen LogP contribution is 2.19. The second kappa shape index (κ2) is 4.39. The topological polar surface area (TPSA) is 58.2 Å². The van der Waals surface area contributed by atoms with Crippen molar-refractivity contribution in [1.82, 2.24) is 10.0 Å². The summed E-state index contributed by atoms with van der Waals surface area (Å²) in [5.41, 5.74) is 0. The highest BCUT2D eigenvalue weighted by Gasteiger charge is 2.26. The molecule has 0 aromatic heterocycles. The Morgan fingerprint density at radius 2 is 2.00 bits per heavy atom. The third kappa shape index (κ3) is 5.23. The Balaban J connectivity index is 2.17. The van der Waals surface area contributed by atoms with Gasteiger partial charge in [0.25, 0.3) is 0 Å². The van der Waals surface area contributed by atoms with E-state index in [-0.39, 0.29) is 11.8 Å². The highest BCUT2D eigenvalue weighted by atomic mass is 32.2. The van der Waals surface area contributed by atoms with Crippen LogP contribution in [0.3, 0.4) is 0 Å². The van der Waals surface area contributed by atoms with Crippen LogP contribution in [0.15, 0.2) is 0 Å². The van der Waals surface area contributed by atoms with Crippen LogP contribution in [-0.4, -0.2) is 32.8 Å². The molecule has 5 heteroatoms. The lowest BCUT2D eigenvalue weighted by molar-refractivity contribution is 0.566. The Morgan fingerprint density at radius 3 is 2.46 bits per heavy atom. The quantitative estimate of drug-likeness (QED) is 0.646. The molecule has 0 aromatic rings. The van der Waals surface area contributed by atoms with Gasteiger partial charge in [-0.15, -0.1) is 0 Å². The second-order valence-corrected chi connectivity index (χ2v) is 5.69. The first-order valence-electron chi connectivity index (χ1n) is 4.73. The van der Waals surface area contributed by atoms with Crippen molar-refractivity contribution in [2.24, 2.45) is 0 Å². The molecule has 0 bridgehead atoms. The molecule has 1 aliphatic rings. The molecular weight excluding hydrogens is 188 g/mol. The first-order valence-corrected chi connectivity index (χ1v) is 6.38. The Bertz CT molecular complexity index is 245. The van der Waals surface area contributed by atoms with E-state index < -0.39 is 10.0 Å². The van der Waals surface area contributed by atoms with Crippen LogP contribution in [0.1, 0.15) is 26.7 Å². The smallest absolute Gasteiger partial charge is 0.213 e. The molecule has 1 rings (SSSR count). The van der Waals surface area contributed by atoms with E-state index in [0.29, 0.717) is 12.6 Å². The minimum Gasteiger partial charge on any atom is -0.313 e. The maximum atomic E-state index is 11.3. The van der Waals surface area contributed by atoms with Crippen LogP contribution < -0.4 is 10.0 Å². The van der Waals surface area contributed by atoms with Crippen molar-refractivity contribution in [1.29, 1.82) is 0 Å². The molecule has 2 N–H and O–H groups in total. The molecule has 1 fully saturated rings. The highest BCUT2D eigenvalue weighted by molar-refractivity contribution is 7.89. The van der Waals surface area contributed by atoms with Gasteiger partial charge in [0.1, 0.15) is 0 Å². The molecular formula is C8H18N2O2S. The molecule has 0 heterocycles. The Labute approximate surface area is 80.1 Å². The van der Waals surface area contributed by atoms with Gasteiger partial charge in [0.05, 0.1) is 5.75 Å². The SMILES string of the molecule is CC(C)NCCS(=O)(=O)NC1CC1. The molecule has 1 saturated carbocycles. The van der Waals surface area contributed by atoms with Gasteiger partial charge in [-0.1, -0.05) is 13.8 Å². The number of hydrogen-bond donors (Lipinski definition) is 2. The summed E-state index contributed by atoms with van der Waals surface area (Å²) in [5.74, 6) is 0.182. The van der Waals surface area contributed by atoms with Gasteiger partial charge in [-0.3, -0.25) is 0 Å². The fourth-order valence-electron chi connectivity index (χ4n) is 0.996. The molecule has 0 unspecified atom stereocenters. The maximum absolute atomic E-state index is 11.3. The lowest BCUT2D eigenvalue weighted by atomic mass is 10.4. The van der Waals surface area contributed by atoms with E-state index in [1.807, 2.05) is 13.8 Å². The molecule has 0 aromatic carbocycles. The zero-order valence-corrected chi connectivity index (χ0v) is 9.02. The van der Waals surface area contributed by atoms with Gasteiger partial charge in [0.15, 0.2) is 0 Å². The van der Waals surface area contributed by atoms with Crippen molar-refractivity contribution in [2.75, 3.05) is 12.3 Å².